The van der Waals surface area contributed by atoms with Crippen LogP contribution in [0.1, 0.15) is 26.3 Å². The molecule has 0 radical (unpaired) electrons. The Balaban J connectivity index is 1.41. The molecule has 0 fully saturated rings. The van der Waals surface area contributed by atoms with E-state index in [2.05, 4.69) is 20.9 Å². The summed E-state index contributed by atoms with van der Waals surface area (Å²) in [7, 11) is 0. The van der Waals surface area contributed by atoms with Gasteiger partial charge in [0.05, 0.1) is 11.3 Å². The zero-order chi connectivity index (χ0) is 28.3. The normalized spacial score (nSPS) is 10.8. The van der Waals surface area contributed by atoms with E-state index in [1.54, 1.807) is 79.1 Å². The van der Waals surface area contributed by atoms with Gasteiger partial charge in [0, 0.05) is 34.2 Å². The maximum Gasteiger partial charge on any atom is 0.335 e. The van der Waals surface area contributed by atoms with Crippen molar-refractivity contribution in [3.05, 3.63) is 126 Å². The number of amides is 3. The van der Waals surface area contributed by atoms with Gasteiger partial charge < -0.3 is 21.1 Å². The van der Waals surface area contributed by atoms with Crippen molar-refractivity contribution in [2.24, 2.45) is 0 Å². The maximum absolute atomic E-state index is 13.2. The zero-order valence-electron chi connectivity index (χ0n) is 21.0. The van der Waals surface area contributed by atoms with Crippen LogP contribution in [0.15, 0.2) is 114 Å². The molecule has 40 heavy (non-hydrogen) atoms. The van der Waals surface area contributed by atoms with Crippen molar-refractivity contribution >= 4 is 52.9 Å². The number of hydrogen-bond acceptors (Lipinski definition) is 6. The molecule has 3 aromatic carbocycles. The fourth-order valence-electron chi connectivity index (χ4n) is 3.47. The Hall–Kier alpha value is -5.22. The quantitative estimate of drug-likeness (QED) is 0.162. The lowest BCUT2D eigenvalue weighted by molar-refractivity contribution is -0.114. The van der Waals surface area contributed by atoms with E-state index in [1.807, 2.05) is 0 Å². The molecule has 1 heterocycles. The number of nitrogens with one attached hydrogen (secondary N) is 3. The fourth-order valence-corrected chi connectivity index (χ4v) is 4.23. The highest BCUT2D eigenvalue weighted by Crippen LogP contribution is 2.22. The molecule has 4 rings (SSSR count). The van der Waals surface area contributed by atoms with Gasteiger partial charge in [-0.05, 0) is 72.3 Å². The standard InChI is InChI=1S/C30H24N4O5S/c35-27(32-23-13-11-22(12-14-23)30(38)39)19-40-25-10-4-9-24(17-25)33-29(37)26(16-20-6-5-15-31-18-20)34-28(36)21-7-2-1-3-8-21/h1-18H,19H2,(H,32,35)(H,33,37)(H,34,36)(H,38,39)/b26-16-. The van der Waals surface area contributed by atoms with Gasteiger partial charge in [0.25, 0.3) is 11.8 Å². The van der Waals surface area contributed by atoms with Crippen LogP contribution < -0.4 is 16.0 Å². The molecular formula is C30H24N4O5S. The van der Waals surface area contributed by atoms with Gasteiger partial charge in [-0.2, -0.15) is 0 Å². The molecule has 200 valence electrons. The molecule has 0 spiro atoms. The average Bonchev–Trinajstić information content (AvgIpc) is 2.97. The van der Waals surface area contributed by atoms with Crippen molar-refractivity contribution in [3.63, 3.8) is 0 Å². The van der Waals surface area contributed by atoms with E-state index < -0.39 is 17.8 Å². The number of thioether (sulfide) groups is 1. The smallest absolute Gasteiger partial charge is 0.335 e. The van der Waals surface area contributed by atoms with Gasteiger partial charge in [-0.1, -0.05) is 30.3 Å². The number of pyridine rings is 1. The third-order valence-electron chi connectivity index (χ3n) is 5.40. The number of rotatable bonds is 10. The van der Waals surface area contributed by atoms with Crippen LogP contribution in [0.2, 0.25) is 0 Å². The van der Waals surface area contributed by atoms with Crippen LogP contribution in [0, 0.1) is 0 Å². The third-order valence-corrected chi connectivity index (χ3v) is 6.40. The van der Waals surface area contributed by atoms with Crippen LogP contribution in [0.4, 0.5) is 11.4 Å². The Morgan fingerprint density at radius 1 is 0.800 bits per heavy atom. The monoisotopic (exact) mass is 552 g/mol. The first-order valence-corrected chi connectivity index (χ1v) is 13.0. The molecule has 1 aromatic heterocycles. The molecule has 0 aliphatic carbocycles. The number of aromatic nitrogens is 1. The molecule has 0 atom stereocenters. The molecule has 0 saturated carbocycles. The van der Waals surface area contributed by atoms with Crippen LogP contribution in [-0.2, 0) is 9.59 Å². The number of carboxylic acids is 1. The third kappa shape index (κ3) is 8.14. The minimum atomic E-state index is -1.04. The van der Waals surface area contributed by atoms with Crippen LogP contribution in [-0.4, -0.2) is 39.5 Å². The molecule has 4 aromatic rings. The van der Waals surface area contributed by atoms with Gasteiger partial charge >= 0.3 is 5.97 Å². The average molecular weight is 553 g/mol. The number of aromatic carboxylic acids is 1. The Labute approximate surface area is 234 Å². The first kappa shape index (κ1) is 27.8. The number of carbonyl (C=O) groups excluding carboxylic acids is 3. The van der Waals surface area contributed by atoms with Crippen LogP contribution in [0.3, 0.4) is 0 Å². The molecule has 0 saturated heterocycles. The second-order valence-corrected chi connectivity index (χ2v) is 9.41. The van der Waals surface area contributed by atoms with Gasteiger partial charge in [0.15, 0.2) is 0 Å². The first-order valence-electron chi connectivity index (χ1n) is 12.0. The van der Waals surface area contributed by atoms with E-state index in [-0.39, 0.29) is 22.9 Å². The largest absolute Gasteiger partial charge is 0.478 e. The summed E-state index contributed by atoms with van der Waals surface area (Å²) in [5, 5.41) is 17.2. The van der Waals surface area contributed by atoms with E-state index in [0.29, 0.717) is 22.5 Å². The van der Waals surface area contributed by atoms with Crippen molar-refractivity contribution in [3.8, 4) is 0 Å². The predicted octanol–water partition coefficient (Wildman–Crippen LogP) is 4.92. The lowest BCUT2D eigenvalue weighted by Crippen LogP contribution is -2.30. The van der Waals surface area contributed by atoms with Crippen molar-refractivity contribution in [1.29, 1.82) is 0 Å². The molecule has 0 bridgehead atoms. The van der Waals surface area contributed by atoms with E-state index in [4.69, 9.17) is 5.11 Å². The maximum atomic E-state index is 13.2. The molecule has 0 aliphatic rings. The predicted molar refractivity (Wildman–Crippen MR) is 154 cm³/mol. The summed E-state index contributed by atoms with van der Waals surface area (Å²) in [5.41, 5.74) is 2.17. The summed E-state index contributed by atoms with van der Waals surface area (Å²) in [6.45, 7) is 0. The SMILES string of the molecule is O=C(CSc1cccc(NC(=O)/C(=C/c2cccnc2)NC(=O)c2ccccc2)c1)Nc1ccc(C(=O)O)cc1. The first-order chi connectivity index (χ1) is 19.4. The molecule has 9 nitrogen and oxygen atoms in total. The van der Waals surface area contributed by atoms with E-state index in [0.717, 1.165) is 4.90 Å². The van der Waals surface area contributed by atoms with Gasteiger partial charge in [0.1, 0.15) is 5.70 Å². The lowest BCUT2D eigenvalue weighted by atomic mass is 10.2. The number of carbonyl (C=O) groups is 4. The second-order valence-electron chi connectivity index (χ2n) is 8.37. The summed E-state index contributed by atoms with van der Waals surface area (Å²) >= 11 is 1.27. The van der Waals surface area contributed by atoms with Crippen LogP contribution in [0.5, 0.6) is 0 Å². The molecule has 3 amide bonds. The van der Waals surface area contributed by atoms with Gasteiger partial charge in [-0.3, -0.25) is 19.4 Å². The Morgan fingerprint density at radius 2 is 1.57 bits per heavy atom. The number of carboxylic acid groups (broad SMARTS) is 1. The van der Waals surface area contributed by atoms with Gasteiger partial charge in [-0.25, -0.2) is 4.79 Å². The Morgan fingerprint density at radius 3 is 2.27 bits per heavy atom. The summed E-state index contributed by atoms with van der Waals surface area (Å²) in [5.74, 6) is -2.18. The minimum absolute atomic E-state index is 0.0354. The Bertz CT molecular complexity index is 1540. The number of hydrogen-bond donors (Lipinski definition) is 4. The summed E-state index contributed by atoms with van der Waals surface area (Å²) in [6.07, 6.45) is 4.72. The molecule has 0 aliphatic heterocycles. The molecular weight excluding hydrogens is 528 g/mol. The van der Waals surface area contributed by atoms with Crippen molar-refractivity contribution in [2.45, 2.75) is 4.90 Å². The number of anilines is 2. The van der Waals surface area contributed by atoms with Crippen LogP contribution >= 0.6 is 11.8 Å². The van der Waals surface area contributed by atoms with E-state index in [9.17, 15) is 19.2 Å². The number of nitrogens with zero attached hydrogens (tertiary/aromatic N) is 1. The highest BCUT2D eigenvalue weighted by atomic mass is 32.2. The van der Waals surface area contributed by atoms with E-state index in [1.165, 1.54) is 42.1 Å². The highest BCUT2D eigenvalue weighted by Gasteiger charge is 2.15. The number of benzene rings is 3. The van der Waals surface area contributed by atoms with Crippen molar-refractivity contribution in [1.82, 2.24) is 10.3 Å². The topological polar surface area (TPSA) is 137 Å². The van der Waals surface area contributed by atoms with E-state index >= 15 is 0 Å². The summed E-state index contributed by atoms with van der Waals surface area (Å²) in [4.78, 5) is 54.1. The zero-order valence-corrected chi connectivity index (χ0v) is 21.9. The van der Waals surface area contributed by atoms with Crippen molar-refractivity contribution < 1.29 is 24.3 Å². The van der Waals surface area contributed by atoms with Crippen LogP contribution in [0.25, 0.3) is 6.08 Å². The molecule has 0 unspecified atom stereocenters. The Kier molecular flexibility index (Phi) is 9.41. The molecule has 4 N–H and O–H groups in total. The fraction of sp³-hybridized carbons (Fsp3) is 0.0333. The second kappa shape index (κ2) is 13.5. The van der Waals surface area contributed by atoms with Crippen molar-refractivity contribution in [2.75, 3.05) is 16.4 Å². The minimum Gasteiger partial charge on any atom is -0.478 e. The molecule has 10 heteroatoms. The lowest BCUT2D eigenvalue weighted by Gasteiger charge is -2.12. The summed E-state index contributed by atoms with van der Waals surface area (Å²) < 4.78 is 0. The van der Waals surface area contributed by atoms with Gasteiger partial charge in [-0.15, -0.1) is 11.8 Å². The van der Waals surface area contributed by atoms with Gasteiger partial charge in [0.2, 0.25) is 5.91 Å². The summed E-state index contributed by atoms with van der Waals surface area (Å²) in [6, 6.07) is 24.9. The highest BCUT2D eigenvalue weighted by molar-refractivity contribution is 8.00.